The zero-order valence-electron chi connectivity index (χ0n) is 10.4. The number of halogens is 1. The Bertz CT molecular complexity index is 614. The van der Waals surface area contributed by atoms with E-state index in [9.17, 15) is 4.79 Å². The molecule has 0 fully saturated rings. The van der Waals surface area contributed by atoms with E-state index in [0.29, 0.717) is 16.3 Å². The molecule has 0 saturated carbocycles. The summed E-state index contributed by atoms with van der Waals surface area (Å²) < 4.78 is 5.12. The first-order valence-corrected chi connectivity index (χ1v) is 6.05. The number of nitrogens with zero attached hydrogens (tertiary/aromatic N) is 1. The molecule has 1 aromatic heterocycles. The van der Waals surface area contributed by atoms with Crippen molar-refractivity contribution in [1.29, 1.82) is 0 Å². The molecular formula is C14H13ClN2O2. The highest BCUT2D eigenvalue weighted by Gasteiger charge is 2.12. The molecule has 0 saturated heterocycles. The van der Waals surface area contributed by atoms with Crippen LogP contribution in [0.5, 0.6) is 5.75 Å². The predicted octanol–water partition coefficient (Wildman–Crippen LogP) is 2.75. The Morgan fingerprint density at radius 2 is 2.21 bits per heavy atom. The topological polar surface area (TPSA) is 65.2 Å². The number of hydrogen-bond acceptors (Lipinski definition) is 4. The van der Waals surface area contributed by atoms with Crippen molar-refractivity contribution in [2.24, 2.45) is 0 Å². The van der Waals surface area contributed by atoms with E-state index in [0.717, 1.165) is 5.56 Å². The second-order valence-corrected chi connectivity index (χ2v) is 4.47. The second kappa shape index (κ2) is 5.71. The van der Waals surface area contributed by atoms with E-state index in [1.807, 2.05) is 24.3 Å². The maximum absolute atomic E-state index is 12.2. The van der Waals surface area contributed by atoms with Crippen molar-refractivity contribution in [1.82, 2.24) is 4.98 Å². The summed E-state index contributed by atoms with van der Waals surface area (Å²) in [6.45, 7) is 0. The van der Waals surface area contributed by atoms with Crippen LogP contribution in [0.25, 0.3) is 0 Å². The molecule has 2 rings (SSSR count). The summed E-state index contributed by atoms with van der Waals surface area (Å²) >= 11 is 5.82. The van der Waals surface area contributed by atoms with E-state index < -0.39 is 0 Å². The van der Waals surface area contributed by atoms with Gasteiger partial charge in [0.1, 0.15) is 11.6 Å². The van der Waals surface area contributed by atoms with Gasteiger partial charge in [-0.1, -0.05) is 23.7 Å². The fraction of sp³-hybridized carbons (Fsp3) is 0.143. The van der Waals surface area contributed by atoms with Crippen LogP contribution in [0.3, 0.4) is 0 Å². The van der Waals surface area contributed by atoms with Gasteiger partial charge in [-0.2, -0.15) is 0 Å². The minimum atomic E-state index is -0.124. The lowest BCUT2D eigenvalue weighted by atomic mass is 10.0. The molecule has 0 aliphatic carbocycles. The van der Waals surface area contributed by atoms with E-state index in [-0.39, 0.29) is 18.0 Å². The number of ether oxygens (including phenoxy) is 1. The molecule has 0 aliphatic rings. The van der Waals surface area contributed by atoms with Crippen LogP contribution in [-0.4, -0.2) is 17.9 Å². The van der Waals surface area contributed by atoms with E-state index in [2.05, 4.69) is 4.98 Å². The molecule has 2 N–H and O–H groups in total. The molecular weight excluding hydrogens is 264 g/mol. The van der Waals surface area contributed by atoms with Gasteiger partial charge in [0.05, 0.1) is 17.7 Å². The molecule has 1 aromatic carbocycles. The van der Waals surface area contributed by atoms with Gasteiger partial charge in [-0.15, -0.1) is 0 Å². The number of carbonyl (C=O) groups excluding carboxylic acids is 1. The molecule has 4 nitrogen and oxygen atoms in total. The van der Waals surface area contributed by atoms with Crippen LogP contribution in [0.2, 0.25) is 5.02 Å². The van der Waals surface area contributed by atoms with Gasteiger partial charge in [0.15, 0.2) is 5.78 Å². The lowest BCUT2D eigenvalue weighted by Gasteiger charge is -2.06. The third kappa shape index (κ3) is 3.23. The van der Waals surface area contributed by atoms with Gasteiger partial charge >= 0.3 is 0 Å². The fourth-order valence-corrected chi connectivity index (χ4v) is 1.89. The van der Waals surface area contributed by atoms with E-state index in [1.54, 1.807) is 7.11 Å². The smallest absolute Gasteiger partial charge is 0.170 e. The number of nitrogen functional groups attached to an aromatic ring is 1. The maximum atomic E-state index is 12.2. The monoisotopic (exact) mass is 276 g/mol. The maximum Gasteiger partial charge on any atom is 0.170 e. The van der Waals surface area contributed by atoms with Gasteiger partial charge in [0.2, 0.25) is 0 Å². The first kappa shape index (κ1) is 13.4. The van der Waals surface area contributed by atoms with Gasteiger partial charge in [0, 0.05) is 12.6 Å². The van der Waals surface area contributed by atoms with E-state index in [1.165, 1.54) is 12.3 Å². The summed E-state index contributed by atoms with van der Waals surface area (Å²) in [5.41, 5.74) is 6.88. The van der Waals surface area contributed by atoms with Crippen LogP contribution in [0.4, 0.5) is 5.82 Å². The minimum Gasteiger partial charge on any atom is -0.497 e. The van der Waals surface area contributed by atoms with Gasteiger partial charge in [-0.3, -0.25) is 4.79 Å². The molecule has 2 aromatic rings. The first-order chi connectivity index (χ1) is 9.10. The number of aromatic nitrogens is 1. The molecule has 0 atom stereocenters. The average Bonchev–Trinajstić information content (AvgIpc) is 2.41. The van der Waals surface area contributed by atoms with Crippen LogP contribution in [0, 0.1) is 0 Å². The minimum absolute atomic E-state index is 0.124. The molecule has 19 heavy (non-hydrogen) atoms. The van der Waals surface area contributed by atoms with Crippen LogP contribution < -0.4 is 10.5 Å². The van der Waals surface area contributed by atoms with Crippen molar-refractivity contribution in [3.63, 3.8) is 0 Å². The normalized spacial score (nSPS) is 10.2. The summed E-state index contributed by atoms with van der Waals surface area (Å²) in [4.78, 5) is 16.0. The Kier molecular flexibility index (Phi) is 4.02. The Balaban J connectivity index is 2.23. The van der Waals surface area contributed by atoms with Crippen molar-refractivity contribution in [3.05, 3.63) is 52.7 Å². The highest BCUT2D eigenvalue weighted by molar-refractivity contribution is 6.31. The standard InChI is InChI=1S/C14H13ClN2O2/c1-19-11-4-2-3-9(5-11)6-13(18)12-7-10(15)8-17-14(12)16/h2-5,7-8H,6H2,1H3,(H2,16,17). The number of carbonyl (C=O) groups is 1. The average molecular weight is 277 g/mol. The van der Waals surface area contributed by atoms with Crippen LogP contribution in [0.1, 0.15) is 15.9 Å². The fourth-order valence-electron chi connectivity index (χ4n) is 1.74. The second-order valence-electron chi connectivity index (χ2n) is 4.04. The van der Waals surface area contributed by atoms with Gasteiger partial charge < -0.3 is 10.5 Å². The number of hydrogen-bond donors (Lipinski definition) is 1. The summed E-state index contributed by atoms with van der Waals surface area (Å²) in [5.74, 6) is 0.778. The van der Waals surface area contributed by atoms with Crippen molar-refractivity contribution in [2.75, 3.05) is 12.8 Å². The molecule has 0 unspecified atom stereocenters. The Hall–Kier alpha value is -2.07. The Labute approximate surface area is 116 Å². The van der Waals surface area contributed by atoms with Crippen LogP contribution in [-0.2, 0) is 6.42 Å². The lowest BCUT2D eigenvalue weighted by Crippen LogP contribution is -2.08. The van der Waals surface area contributed by atoms with Crippen LogP contribution >= 0.6 is 11.6 Å². The number of methoxy groups -OCH3 is 1. The van der Waals surface area contributed by atoms with E-state index >= 15 is 0 Å². The summed E-state index contributed by atoms with van der Waals surface area (Å²) in [7, 11) is 1.58. The summed E-state index contributed by atoms with van der Waals surface area (Å²) in [6, 6.07) is 8.86. The molecule has 5 heteroatoms. The zero-order chi connectivity index (χ0) is 13.8. The third-order valence-corrected chi connectivity index (χ3v) is 2.89. The molecule has 0 bridgehead atoms. The summed E-state index contributed by atoms with van der Waals surface area (Å²) in [6.07, 6.45) is 1.64. The van der Waals surface area contributed by atoms with Crippen molar-refractivity contribution < 1.29 is 9.53 Å². The Morgan fingerprint density at radius 1 is 1.42 bits per heavy atom. The number of nitrogens with two attached hydrogens (primary N) is 1. The van der Waals surface area contributed by atoms with Gasteiger partial charge in [-0.05, 0) is 23.8 Å². The summed E-state index contributed by atoms with van der Waals surface area (Å²) in [5, 5.41) is 0.392. The molecule has 0 aliphatic heterocycles. The molecule has 1 heterocycles. The predicted molar refractivity (Wildman–Crippen MR) is 74.7 cm³/mol. The third-order valence-electron chi connectivity index (χ3n) is 2.68. The van der Waals surface area contributed by atoms with E-state index in [4.69, 9.17) is 22.1 Å². The largest absolute Gasteiger partial charge is 0.497 e. The SMILES string of the molecule is COc1cccc(CC(=O)c2cc(Cl)cnc2N)c1. The molecule has 0 radical (unpaired) electrons. The first-order valence-electron chi connectivity index (χ1n) is 5.67. The highest BCUT2D eigenvalue weighted by Crippen LogP contribution is 2.19. The van der Waals surface area contributed by atoms with Gasteiger partial charge in [0.25, 0.3) is 0 Å². The van der Waals surface area contributed by atoms with Crippen molar-refractivity contribution in [3.8, 4) is 5.75 Å². The van der Waals surface area contributed by atoms with Gasteiger partial charge in [-0.25, -0.2) is 4.98 Å². The number of Topliss-reactive ketones (excluding diaryl/α,β-unsaturated/α-hetero) is 1. The number of anilines is 1. The molecule has 0 spiro atoms. The number of benzene rings is 1. The molecule has 98 valence electrons. The Morgan fingerprint density at radius 3 is 2.95 bits per heavy atom. The molecule has 0 amide bonds. The zero-order valence-corrected chi connectivity index (χ0v) is 11.1. The number of ketones is 1. The quantitative estimate of drug-likeness (QED) is 0.872. The lowest BCUT2D eigenvalue weighted by molar-refractivity contribution is 0.0993. The van der Waals surface area contributed by atoms with Crippen molar-refractivity contribution in [2.45, 2.75) is 6.42 Å². The number of pyridine rings is 1. The highest BCUT2D eigenvalue weighted by atomic mass is 35.5. The van der Waals surface area contributed by atoms with Crippen molar-refractivity contribution >= 4 is 23.2 Å². The van der Waals surface area contributed by atoms with Crippen LogP contribution in [0.15, 0.2) is 36.5 Å². The number of rotatable bonds is 4.